The lowest BCUT2D eigenvalue weighted by molar-refractivity contribution is -0.131. The van der Waals surface area contributed by atoms with Crippen molar-refractivity contribution in [3.8, 4) is 0 Å². The van der Waals surface area contributed by atoms with Gasteiger partial charge in [-0.3, -0.25) is 9.59 Å². The van der Waals surface area contributed by atoms with E-state index in [0.717, 1.165) is 6.07 Å². The molecule has 2 aromatic carbocycles. The average Bonchev–Trinajstić information content (AvgIpc) is 2.73. The van der Waals surface area contributed by atoms with Crippen LogP contribution in [0.1, 0.15) is 12.1 Å². The highest BCUT2D eigenvalue weighted by atomic mass is 19.1. The molecule has 156 valence electrons. The van der Waals surface area contributed by atoms with Gasteiger partial charge in [0.25, 0.3) is 5.56 Å². The number of nitrogens with zero attached hydrogens (tertiary/aromatic N) is 2. The number of H-pyrrole nitrogens is 1. The molecule has 1 aromatic heterocycles. The van der Waals surface area contributed by atoms with Crippen molar-refractivity contribution in [3.05, 3.63) is 76.0 Å². The molecule has 0 unspecified atom stereocenters. The first-order chi connectivity index (χ1) is 14.4. The minimum absolute atomic E-state index is 0.0609. The van der Waals surface area contributed by atoms with E-state index in [-0.39, 0.29) is 23.3 Å². The summed E-state index contributed by atoms with van der Waals surface area (Å²) in [6, 6.07) is 9.24. The lowest BCUT2D eigenvalue weighted by Gasteiger charge is -2.36. The Balaban J connectivity index is 1.36. The number of pyridine rings is 1. The largest absolute Gasteiger partial charge is 0.366 e. The smallest absolute Gasteiger partial charge is 0.256 e. The molecule has 0 aliphatic carbocycles. The molecule has 1 saturated heterocycles. The molecule has 0 saturated carbocycles. The summed E-state index contributed by atoms with van der Waals surface area (Å²) in [5.74, 6) is -1.78. The van der Waals surface area contributed by atoms with E-state index in [1.807, 2.05) is 0 Å². The van der Waals surface area contributed by atoms with Gasteiger partial charge in [-0.05, 0) is 42.1 Å². The molecule has 3 aromatic rings. The third-order valence-corrected chi connectivity index (χ3v) is 5.35. The van der Waals surface area contributed by atoms with E-state index in [4.69, 9.17) is 0 Å². The number of amides is 1. The van der Waals surface area contributed by atoms with Gasteiger partial charge in [-0.15, -0.1) is 0 Å². The zero-order chi connectivity index (χ0) is 21.3. The van der Waals surface area contributed by atoms with Crippen LogP contribution in [0.15, 0.2) is 47.3 Å². The molecular formula is C22H20F3N3O2. The van der Waals surface area contributed by atoms with Crippen LogP contribution in [0.2, 0.25) is 0 Å². The Hall–Kier alpha value is -3.29. The Morgan fingerprint density at radius 1 is 0.933 bits per heavy atom. The van der Waals surface area contributed by atoms with E-state index in [9.17, 15) is 22.8 Å². The first-order valence-corrected chi connectivity index (χ1v) is 9.70. The summed E-state index contributed by atoms with van der Waals surface area (Å²) in [7, 11) is 0. The number of piperazine rings is 1. The average molecular weight is 415 g/mol. The van der Waals surface area contributed by atoms with Gasteiger partial charge < -0.3 is 14.8 Å². The predicted octanol–water partition coefficient (Wildman–Crippen LogP) is 3.23. The fraction of sp³-hybridized carbons (Fsp3) is 0.273. The molecule has 0 radical (unpaired) electrons. The Morgan fingerprint density at radius 2 is 1.63 bits per heavy atom. The number of halogens is 3. The van der Waals surface area contributed by atoms with Crippen molar-refractivity contribution < 1.29 is 18.0 Å². The predicted molar refractivity (Wildman–Crippen MR) is 108 cm³/mol. The van der Waals surface area contributed by atoms with Crippen molar-refractivity contribution in [1.29, 1.82) is 0 Å². The SMILES string of the molecule is O=C(CCc1cc2ccc(F)cc2c(=O)[nH]1)N1CCN(c2ccc(F)cc2F)CC1. The molecule has 2 heterocycles. The Morgan fingerprint density at radius 3 is 2.37 bits per heavy atom. The third kappa shape index (κ3) is 4.17. The number of aromatic nitrogens is 1. The number of benzene rings is 2. The second-order valence-corrected chi connectivity index (χ2v) is 7.32. The zero-order valence-electron chi connectivity index (χ0n) is 16.1. The number of fused-ring (bicyclic) bond motifs is 1. The summed E-state index contributed by atoms with van der Waals surface area (Å²) in [6.45, 7) is 1.77. The van der Waals surface area contributed by atoms with Crippen molar-refractivity contribution >= 4 is 22.4 Å². The monoisotopic (exact) mass is 415 g/mol. The normalized spacial score (nSPS) is 14.4. The van der Waals surface area contributed by atoms with Crippen LogP contribution in [0.3, 0.4) is 0 Å². The minimum atomic E-state index is -0.623. The Labute approximate surface area is 170 Å². The summed E-state index contributed by atoms with van der Waals surface area (Å²) < 4.78 is 40.3. The van der Waals surface area contributed by atoms with E-state index < -0.39 is 17.5 Å². The number of carbonyl (C=O) groups excluding carboxylic acids is 1. The van der Waals surface area contributed by atoms with Crippen molar-refractivity contribution in [2.24, 2.45) is 0 Å². The van der Waals surface area contributed by atoms with Gasteiger partial charge in [0.1, 0.15) is 17.5 Å². The van der Waals surface area contributed by atoms with Gasteiger partial charge in [0.15, 0.2) is 0 Å². The van der Waals surface area contributed by atoms with Crippen LogP contribution in [0.5, 0.6) is 0 Å². The van der Waals surface area contributed by atoms with Gasteiger partial charge in [0.05, 0.1) is 5.69 Å². The van der Waals surface area contributed by atoms with E-state index >= 15 is 0 Å². The lowest BCUT2D eigenvalue weighted by atomic mass is 10.1. The molecule has 8 heteroatoms. The third-order valence-electron chi connectivity index (χ3n) is 5.35. The molecule has 5 nitrogen and oxygen atoms in total. The first kappa shape index (κ1) is 20.0. The van der Waals surface area contributed by atoms with E-state index in [1.54, 1.807) is 21.9 Å². The first-order valence-electron chi connectivity index (χ1n) is 9.70. The minimum Gasteiger partial charge on any atom is -0.366 e. The molecule has 0 bridgehead atoms. The fourth-order valence-corrected chi connectivity index (χ4v) is 3.76. The van der Waals surface area contributed by atoms with Crippen molar-refractivity contribution in [3.63, 3.8) is 0 Å². The standard InChI is InChI=1S/C22H20F3N3O2/c23-15-2-1-14-11-17(26-22(30)18(14)12-15)4-6-21(29)28-9-7-27(8-10-28)20-5-3-16(24)13-19(20)25/h1-3,5,11-13H,4,6-10H2,(H,26,30). The number of nitrogens with one attached hydrogen (secondary N) is 1. The van der Waals surface area contributed by atoms with Crippen LogP contribution in [-0.2, 0) is 11.2 Å². The molecule has 30 heavy (non-hydrogen) atoms. The van der Waals surface area contributed by atoms with Crippen LogP contribution in [-0.4, -0.2) is 42.0 Å². The highest BCUT2D eigenvalue weighted by molar-refractivity contribution is 5.82. The fourth-order valence-electron chi connectivity index (χ4n) is 3.76. The number of hydrogen-bond donors (Lipinski definition) is 1. The van der Waals surface area contributed by atoms with Crippen LogP contribution < -0.4 is 10.5 Å². The molecule has 1 fully saturated rings. The van der Waals surface area contributed by atoms with Crippen LogP contribution in [0, 0.1) is 17.5 Å². The number of hydrogen-bond acceptors (Lipinski definition) is 3. The number of aryl methyl sites for hydroxylation is 1. The van der Waals surface area contributed by atoms with Gasteiger partial charge in [-0.1, -0.05) is 6.07 Å². The van der Waals surface area contributed by atoms with E-state index in [0.29, 0.717) is 49.4 Å². The summed E-state index contributed by atoms with van der Waals surface area (Å²) >= 11 is 0. The molecule has 4 rings (SSSR count). The van der Waals surface area contributed by atoms with Crippen molar-refractivity contribution in [2.75, 3.05) is 31.1 Å². The lowest BCUT2D eigenvalue weighted by Crippen LogP contribution is -2.49. The highest BCUT2D eigenvalue weighted by Crippen LogP contribution is 2.22. The zero-order valence-corrected chi connectivity index (χ0v) is 16.1. The maximum Gasteiger partial charge on any atom is 0.256 e. The maximum absolute atomic E-state index is 14.0. The van der Waals surface area contributed by atoms with Crippen LogP contribution >= 0.6 is 0 Å². The van der Waals surface area contributed by atoms with Crippen molar-refractivity contribution in [2.45, 2.75) is 12.8 Å². The van der Waals surface area contributed by atoms with Gasteiger partial charge in [0, 0.05) is 49.7 Å². The second kappa shape index (κ2) is 8.22. The summed E-state index contributed by atoms with van der Waals surface area (Å²) in [4.78, 5) is 30.9. The quantitative estimate of drug-likeness (QED) is 0.712. The second-order valence-electron chi connectivity index (χ2n) is 7.32. The highest BCUT2D eigenvalue weighted by Gasteiger charge is 2.23. The molecule has 1 N–H and O–H groups in total. The maximum atomic E-state index is 14.0. The molecular weight excluding hydrogens is 395 g/mol. The van der Waals surface area contributed by atoms with Crippen LogP contribution in [0.4, 0.5) is 18.9 Å². The molecule has 0 atom stereocenters. The summed E-state index contributed by atoms with van der Waals surface area (Å²) in [5, 5.41) is 0.895. The molecule has 1 amide bonds. The molecule has 1 aliphatic heterocycles. The number of aromatic amines is 1. The van der Waals surface area contributed by atoms with Crippen molar-refractivity contribution in [1.82, 2.24) is 9.88 Å². The topological polar surface area (TPSA) is 56.4 Å². The van der Waals surface area contributed by atoms with Gasteiger partial charge in [-0.25, -0.2) is 13.2 Å². The number of anilines is 1. The Kier molecular flexibility index (Phi) is 5.48. The van der Waals surface area contributed by atoms with Gasteiger partial charge in [-0.2, -0.15) is 0 Å². The van der Waals surface area contributed by atoms with E-state index in [2.05, 4.69) is 4.98 Å². The Bertz CT molecular complexity index is 1150. The van der Waals surface area contributed by atoms with Gasteiger partial charge >= 0.3 is 0 Å². The molecule has 0 spiro atoms. The number of carbonyl (C=O) groups is 1. The van der Waals surface area contributed by atoms with E-state index in [1.165, 1.54) is 24.3 Å². The van der Waals surface area contributed by atoms with Crippen LogP contribution in [0.25, 0.3) is 10.8 Å². The summed E-state index contributed by atoms with van der Waals surface area (Å²) in [5.41, 5.74) is 0.553. The van der Waals surface area contributed by atoms with Gasteiger partial charge in [0.2, 0.25) is 5.91 Å². The summed E-state index contributed by atoms with van der Waals surface area (Å²) in [6.07, 6.45) is 0.571. The number of rotatable bonds is 4. The molecule has 1 aliphatic rings.